The van der Waals surface area contributed by atoms with E-state index < -0.39 is 0 Å². The summed E-state index contributed by atoms with van der Waals surface area (Å²) in [6.45, 7) is 4.94. The second-order valence-corrected chi connectivity index (χ2v) is 14.0. The Morgan fingerprint density at radius 3 is 1.49 bits per heavy atom. The van der Waals surface area contributed by atoms with Gasteiger partial charge >= 0.3 is 0 Å². The average molecular weight is 540 g/mol. The maximum absolute atomic E-state index is 10.5. The third kappa shape index (κ3) is 9.85. The molecule has 4 saturated carbocycles. The van der Waals surface area contributed by atoms with Gasteiger partial charge in [-0.15, -0.1) is 0 Å². The molecule has 0 bridgehead atoms. The maximum Gasteiger partial charge on any atom is 0.132 e. The molecule has 0 aromatic rings. The Hall–Kier alpha value is -0.920. The van der Waals surface area contributed by atoms with Gasteiger partial charge < -0.3 is 5.32 Å². The molecular formula is C35H61N3O. The second kappa shape index (κ2) is 17.1. The molecule has 0 atom stereocenters. The zero-order chi connectivity index (χ0) is 27.2. The fraction of sp³-hybridized carbons (Fsp3) is 0.943. The van der Waals surface area contributed by atoms with Gasteiger partial charge in [0.2, 0.25) is 0 Å². The predicted octanol–water partition coefficient (Wildman–Crippen LogP) is 8.59. The van der Waals surface area contributed by atoms with Crippen LogP contribution < -0.4 is 5.32 Å². The molecule has 0 amide bonds. The fourth-order valence-corrected chi connectivity index (χ4v) is 8.91. The Morgan fingerprint density at radius 2 is 1.03 bits per heavy atom. The van der Waals surface area contributed by atoms with Crippen LogP contribution in [0, 0.1) is 35.0 Å². The topological polar surface area (TPSA) is 56.1 Å². The van der Waals surface area contributed by atoms with Crippen LogP contribution in [0.15, 0.2) is 0 Å². The van der Waals surface area contributed by atoms with Crippen LogP contribution in [0.3, 0.4) is 0 Å². The molecular weight excluding hydrogens is 478 g/mol. The minimum absolute atomic E-state index is 0.0875. The van der Waals surface area contributed by atoms with Crippen LogP contribution in [0.1, 0.15) is 154 Å². The normalized spacial score (nSPS) is 28.3. The van der Waals surface area contributed by atoms with Gasteiger partial charge in [0, 0.05) is 12.8 Å². The summed E-state index contributed by atoms with van der Waals surface area (Å²) in [5.74, 6) is 4.61. The number of carbonyl (C=O) groups is 1. The lowest BCUT2D eigenvalue weighted by Gasteiger charge is -2.46. The van der Waals surface area contributed by atoms with Gasteiger partial charge in [-0.3, -0.25) is 9.69 Å². The highest BCUT2D eigenvalue weighted by molar-refractivity contribution is 5.78. The van der Waals surface area contributed by atoms with Crippen LogP contribution in [0.25, 0.3) is 0 Å². The molecule has 39 heavy (non-hydrogen) atoms. The van der Waals surface area contributed by atoms with Crippen molar-refractivity contribution in [2.24, 2.45) is 23.7 Å². The quantitative estimate of drug-likeness (QED) is 0.390. The molecule has 0 unspecified atom stereocenters. The maximum atomic E-state index is 10.5. The standard InChI is InChI=1S/C18H30N2.C11H21N.C6H10O/c19-15-18(11-5-2-6-12-18)20-13-9-17(10-14-20)16-7-3-1-4-8-16;1-2-4-10(5-3-1)11-6-8-12-9-7-11;7-6-4-2-1-3-5-6/h16-17H,1-14H2;10-12H,1-9H2;1-5H2. The van der Waals surface area contributed by atoms with Gasteiger partial charge in [-0.1, -0.05) is 89.9 Å². The van der Waals surface area contributed by atoms with Crippen molar-refractivity contribution >= 4 is 5.78 Å². The van der Waals surface area contributed by atoms with Crippen LogP contribution >= 0.6 is 0 Å². The van der Waals surface area contributed by atoms with E-state index in [1.807, 2.05) is 0 Å². The molecule has 222 valence electrons. The summed E-state index contributed by atoms with van der Waals surface area (Å²) in [6.07, 6.45) is 31.9. The number of ketones is 1. The Kier molecular flexibility index (Phi) is 13.6. The molecule has 0 radical (unpaired) electrons. The second-order valence-electron chi connectivity index (χ2n) is 14.0. The van der Waals surface area contributed by atoms with Gasteiger partial charge in [0.15, 0.2) is 0 Å². The number of hydrogen-bond acceptors (Lipinski definition) is 4. The lowest BCUT2D eigenvalue weighted by molar-refractivity contribution is -0.120. The van der Waals surface area contributed by atoms with Gasteiger partial charge in [0.25, 0.3) is 0 Å². The molecule has 2 aliphatic heterocycles. The van der Waals surface area contributed by atoms with Gasteiger partial charge in [-0.05, 0) is 101 Å². The molecule has 2 saturated heterocycles. The van der Waals surface area contributed by atoms with Crippen LogP contribution in [0.2, 0.25) is 0 Å². The van der Waals surface area contributed by atoms with E-state index in [0.717, 1.165) is 62.2 Å². The van der Waals surface area contributed by atoms with Crippen molar-refractivity contribution in [3.8, 4) is 6.07 Å². The number of Topliss-reactive ketones (excluding diaryl/α,β-unsaturated/α-hetero) is 1. The minimum Gasteiger partial charge on any atom is -0.317 e. The predicted molar refractivity (Wildman–Crippen MR) is 163 cm³/mol. The Morgan fingerprint density at radius 1 is 0.590 bits per heavy atom. The molecule has 6 aliphatic rings. The van der Waals surface area contributed by atoms with E-state index in [1.54, 1.807) is 0 Å². The van der Waals surface area contributed by atoms with E-state index in [4.69, 9.17) is 0 Å². The summed E-state index contributed by atoms with van der Waals surface area (Å²) in [4.78, 5) is 13.0. The van der Waals surface area contributed by atoms with Crippen molar-refractivity contribution in [2.75, 3.05) is 26.2 Å². The first-order chi connectivity index (χ1) is 19.2. The largest absolute Gasteiger partial charge is 0.317 e. The van der Waals surface area contributed by atoms with E-state index in [0.29, 0.717) is 5.78 Å². The Bertz CT molecular complexity index is 689. The number of nitriles is 1. The molecule has 0 aromatic heterocycles. The molecule has 0 spiro atoms. The summed E-state index contributed by atoms with van der Waals surface area (Å²) in [5, 5.41) is 13.2. The number of rotatable bonds is 3. The van der Waals surface area contributed by atoms with Gasteiger partial charge in [-0.25, -0.2) is 0 Å². The van der Waals surface area contributed by atoms with Gasteiger partial charge in [0.05, 0.1) is 6.07 Å². The zero-order valence-electron chi connectivity index (χ0n) is 25.4. The number of nitrogens with one attached hydrogen (secondary N) is 1. The molecule has 2 heterocycles. The highest BCUT2D eigenvalue weighted by Gasteiger charge is 2.40. The van der Waals surface area contributed by atoms with Crippen LogP contribution in [0.4, 0.5) is 0 Å². The molecule has 4 aliphatic carbocycles. The van der Waals surface area contributed by atoms with Crippen molar-refractivity contribution in [1.29, 1.82) is 5.26 Å². The summed E-state index contributed by atoms with van der Waals surface area (Å²) in [5.41, 5.74) is -0.0875. The Labute approximate surface area is 241 Å². The van der Waals surface area contributed by atoms with Crippen LogP contribution in [0.5, 0.6) is 0 Å². The number of piperidine rings is 2. The lowest BCUT2D eigenvalue weighted by atomic mass is 9.74. The smallest absolute Gasteiger partial charge is 0.132 e. The molecule has 0 aromatic carbocycles. The summed E-state index contributed by atoms with van der Waals surface area (Å²) >= 11 is 0. The lowest BCUT2D eigenvalue weighted by Crippen LogP contribution is -2.52. The number of nitrogens with zero attached hydrogens (tertiary/aromatic N) is 2. The first-order valence-corrected chi connectivity index (χ1v) is 17.6. The number of carbonyl (C=O) groups excluding carboxylic acids is 1. The highest BCUT2D eigenvalue weighted by Crippen LogP contribution is 2.40. The third-order valence-electron chi connectivity index (χ3n) is 11.5. The van der Waals surface area contributed by atoms with Crippen molar-refractivity contribution in [3.05, 3.63) is 0 Å². The van der Waals surface area contributed by atoms with E-state index in [9.17, 15) is 10.1 Å². The van der Waals surface area contributed by atoms with E-state index in [1.165, 1.54) is 142 Å². The van der Waals surface area contributed by atoms with E-state index in [2.05, 4.69) is 16.3 Å². The van der Waals surface area contributed by atoms with Crippen molar-refractivity contribution in [1.82, 2.24) is 10.2 Å². The highest BCUT2D eigenvalue weighted by atomic mass is 16.1. The molecule has 4 heteroatoms. The van der Waals surface area contributed by atoms with Crippen LogP contribution in [-0.2, 0) is 4.79 Å². The summed E-state index contributed by atoms with van der Waals surface area (Å²) in [7, 11) is 0. The zero-order valence-corrected chi connectivity index (χ0v) is 25.4. The van der Waals surface area contributed by atoms with Gasteiger partial charge in [0.1, 0.15) is 11.3 Å². The number of likely N-dealkylation sites (tertiary alicyclic amines) is 1. The molecule has 4 nitrogen and oxygen atoms in total. The van der Waals surface area contributed by atoms with Crippen molar-refractivity contribution in [3.63, 3.8) is 0 Å². The minimum atomic E-state index is -0.0875. The van der Waals surface area contributed by atoms with Crippen molar-refractivity contribution < 1.29 is 4.79 Å². The molecule has 1 N–H and O–H groups in total. The first kappa shape index (κ1) is 31.0. The van der Waals surface area contributed by atoms with E-state index >= 15 is 0 Å². The summed E-state index contributed by atoms with van der Waals surface area (Å²) < 4.78 is 0. The monoisotopic (exact) mass is 539 g/mol. The van der Waals surface area contributed by atoms with Gasteiger partial charge in [-0.2, -0.15) is 5.26 Å². The average Bonchev–Trinajstić information content (AvgIpc) is 3.04. The van der Waals surface area contributed by atoms with Crippen molar-refractivity contribution in [2.45, 2.75) is 160 Å². The SMILES string of the molecule is C1CCC(C2CCNCC2)CC1.N#CC1(N2CCC(C3CCCCC3)CC2)CCCCC1.O=C1CCCCC1. The first-order valence-electron chi connectivity index (χ1n) is 17.6. The van der Waals surface area contributed by atoms with Crippen LogP contribution in [-0.4, -0.2) is 42.4 Å². The summed E-state index contributed by atoms with van der Waals surface area (Å²) in [6, 6.07) is 2.71. The Balaban J connectivity index is 0.000000156. The van der Waals surface area contributed by atoms with E-state index in [-0.39, 0.29) is 5.54 Å². The molecule has 6 rings (SSSR count). The third-order valence-corrected chi connectivity index (χ3v) is 11.5. The number of hydrogen-bond donors (Lipinski definition) is 1. The molecule has 6 fully saturated rings. The fourth-order valence-electron chi connectivity index (χ4n) is 8.91.